The Bertz CT molecular complexity index is 862. The summed E-state index contributed by atoms with van der Waals surface area (Å²) in [4.78, 5) is 29.7. The van der Waals surface area contributed by atoms with Crippen LogP contribution in [-0.2, 0) is 11.3 Å². The van der Waals surface area contributed by atoms with Crippen LogP contribution in [0.1, 0.15) is 45.4 Å². The molecule has 0 saturated heterocycles. The number of benzene rings is 1. The minimum absolute atomic E-state index is 0.00550. The number of hydrogen-bond donors (Lipinski definition) is 1. The molecule has 0 bridgehead atoms. The van der Waals surface area contributed by atoms with E-state index in [4.69, 9.17) is 11.6 Å². The van der Waals surface area contributed by atoms with Crippen molar-refractivity contribution in [3.63, 3.8) is 0 Å². The number of fused-ring (bicyclic) bond motifs is 1. The van der Waals surface area contributed by atoms with E-state index in [2.05, 4.69) is 10.3 Å². The zero-order valence-corrected chi connectivity index (χ0v) is 17.2. The quantitative estimate of drug-likeness (QED) is 0.550. The average molecular weight is 408 g/mol. The van der Waals surface area contributed by atoms with E-state index in [0.717, 1.165) is 13.0 Å². The highest BCUT2D eigenvalue weighted by Gasteiger charge is 2.16. The number of carbonyl (C=O) groups is 1. The molecule has 27 heavy (non-hydrogen) atoms. The molecule has 1 aliphatic carbocycles. The maximum Gasteiger partial charge on any atom is 0.262 e. The highest BCUT2D eigenvalue weighted by molar-refractivity contribution is 7.99. The molecule has 1 fully saturated rings. The third-order valence-electron chi connectivity index (χ3n) is 4.97. The van der Waals surface area contributed by atoms with Gasteiger partial charge in [-0.15, -0.1) is 0 Å². The monoisotopic (exact) mass is 407 g/mol. The Hall–Kier alpha value is -1.53. The van der Waals surface area contributed by atoms with E-state index in [1.165, 1.54) is 43.9 Å². The maximum atomic E-state index is 12.8. The van der Waals surface area contributed by atoms with Crippen LogP contribution in [0.15, 0.2) is 28.2 Å². The molecule has 1 N–H and O–H groups in total. The maximum absolute atomic E-state index is 12.8. The van der Waals surface area contributed by atoms with Crippen molar-refractivity contribution in [2.24, 2.45) is 5.92 Å². The average Bonchev–Trinajstić information content (AvgIpc) is 2.68. The van der Waals surface area contributed by atoms with Crippen LogP contribution in [0.25, 0.3) is 10.9 Å². The number of thioether (sulfide) groups is 1. The highest BCUT2D eigenvalue weighted by atomic mass is 35.5. The molecule has 0 radical (unpaired) electrons. The molecule has 0 aliphatic heterocycles. The summed E-state index contributed by atoms with van der Waals surface area (Å²) in [7, 11) is 0. The van der Waals surface area contributed by atoms with Crippen molar-refractivity contribution >= 4 is 40.2 Å². The molecular formula is C20H26ClN3O2S. The SMILES string of the molecule is CCCn1c(SCC(=O)NCC2CCCCC2)nc2cc(Cl)ccc2c1=O. The molecule has 1 aliphatic rings. The number of nitrogens with one attached hydrogen (secondary N) is 1. The summed E-state index contributed by atoms with van der Waals surface area (Å²) in [5.74, 6) is 0.857. The van der Waals surface area contributed by atoms with Crippen molar-refractivity contribution in [2.75, 3.05) is 12.3 Å². The lowest BCUT2D eigenvalue weighted by Crippen LogP contribution is -2.32. The molecule has 0 atom stereocenters. The summed E-state index contributed by atoms with van der Waals surface area (Å²) >= 11 is 7.36. The van der Waals surface area contributed by atoms with Gasteiger partial charge in [-0.2, -0.15) is 0 Å². The smallest absolute Gasteiger partial charge is 0.262 e. The predicted octanol–water partition coefficient (Wildman–Crippen LogP) is 4.25. The molecule has 2 aromatic rings. The third kappa shape index (κ3) is 5.26. The van der Waals surface area contributed by atoms with E-state index in [1.54, 1.807) is 22.8 Å². The van der Waals surface area contributed by atoms with Gasteiger partial charge in [0, 0.05) is 18.1 Å². The standard InChI is InChI=1S/C20H26ClN3O2S/c1-2-10-24-19(26)16-9-8-15(21)11-17(16)23-20(24)27-13-18(25)22-12-14-6-4-3-5-7-14/h8-9,11,14H,2-7,10,12-13H2,1H3,(H,22,25). The number of rotatable bonds is 7. The molecule has 1 aromatic heterocycles. The topological polar surface area (TPSA) is 64.0 Å². The van der Waals surface area contributed by atoms with Gasteiger partial charge in [0.05, 0.1) is 16.7 Å². The first-order chi connectivity index (χ1) is 13.1. The van der Waals surface area contributed by atoms with Crippen molar-refractivity contribution in [2.45, 2.75) is 57.1 Å². The fourth-order valence-electron chi connectivity index (χ4n) is 3.54. The molecule has 5 nitrogen and oxygen atoms in total. The van der Waals surface area contributed by atoms with Crippen molar-refractivity contribution in [3.8, 4) is 0 Å². The van der Waals surface area contributed by atoms with Crippen molar-refractivity contribution < 1.29 is 4.79 Å². The summed E-state index contributed by atoms with van der Waals surface area (Å²) in [6.07, 6.45) is 7.08. The largest absolute Gasteiger partial charge is 0.355 e. The molecule has 7 heteroatoms. The van der Waals surface area contributed by atoms with Gasteiger partial charge in [0.2, 0.25) is 5.91 Å². The van der Waals surface area contributed by atoms with Crippen LogP contribution in [-0.4, -0.2) is 27.8 Å². The number of amides is 1. The normalized spacial score (nSPS) is 15.2. The molecule has 146 valence electrons. The number of halogens is 1. The molecule has 1 amide bonds. The van der Waals surface area contributed by atoms with E-state index >= 15 is 0 Å². The van der Waals surface area contributed by atoms with Gasteiger partial charge in [-0.1, -0.05) is 49.5 Å². The Balaban J connectivity index is 1.70. The molecule has 1 heterocycles. The second-order valence-electron chi connectivity index (χ2n) is 7.11. The summed E-state index contributed by atoms with van der Waals surface area (Å²) in [5, 5.41) is 4.71. The van der Waals surface area contributed by atoms with Gasteiger partial charge in [-0.05, 0) is 43.4 Å². The van der Waals surface area contributed by atoms with E-state index in [0.29, 0.717) is 33.5 Å². The van der Waals surface area contributed by atoms with E-state index < -0.39 is 0 Å². The number of carbonyl (C=O) groups excluding carboxylic acids is 1. The Kier molecular flexibility index (Phi) is 7.19. The van der Waals surface area contributed by atoms with Gasteiger partial charge in [-0.3, -0.25) is 14.2 Å². The van der Waals surface area contributed by atoms with Gasteiger partial charge >= 0.3 is 0 Å². The minimum atomic E-state index is -0.0800. The van der Waals surface area contributed by atoms with Gasteiger partial charge < -0.3 is 5.32 Å². The van der Waals surface area contributed by atoms with Crippen molar-refractivity contribution in [1.82, 2.24) is 14.9 Å². The first-order valence-electron chi connectivity index (χ1n) is 9.68. The zero-order valence-electron chi connectivity index (χ0n) is 15.7. The van der Waals surface area contributed by atoms with Gasteiger partial charge in [0.15, 0.2) is 5.16 Å². The van der Waals surface area contributed by atoms with Crippen LogP contribution in [0.3, 0.4) is 0 Å². The summed E-state index contributed by atoms with van der Waals surface area (Å²) < 4.78 is 1.66. The lowest BCUT2D eigenvalue weighted by atomic mass is 9.89. The van der Waals surface area contributed by atoms with Gasteiger partial charge in [0.1, 0.15) is 0 Å². The summed E-state index contributed by atoms with van der Waals surface area (Å²) in [5.41, 5.74) is 0.494. The predicted molar refractivity (Wildman–Crippen MR) is 112 cm³/mol. The second kappa shape index (κ2) is 9.60. The van der Waals surface area contributed by atoms with Crippen LogP contribution in [0.2, 0.25) is 5.02 Å². The number of hydrogen-bond acceptors (Lipinski definition) is 4. The van der Waals surface area contributed by atoms with Crippen molar-refractivity contribution in [1.29, 1.82) is 0 Å². The molecule has 1 saturated carbocycles. The Morgan fingerprint density at radius 1 is 1.33 bits per heavy atom. The number of nitrogens with zero attached hydrogens (tertiary/aromatic N) is 2. The minimum Gasteiger partial charge on any atom is -0.355 e. The van der Waals surface area contributed by atoms with Crippen LogP contribution in [0, 0.1) is 5.92 Å². The lowest BCUT2D eigenvalue weighted by Gasteiger charge is -2.21. The van der Waals surface area contributed by atoms with Crippen LogP contribution in [0.5, 0.6) is 0 Å². The summed E-state index contributed by atoms with van der Waals surface area (Å²) in [6.45, 7) is 3.35. The molecule has 0 unspecified atom stereocenters. The lowest BCUT2D eigenvalue weighted by molar-refractivity contribution is -0.118. The third-order valence-corrected chi connectivity index (χ3v) is 6.19. The van der Waals surface area contributed by atoms with Crippen LogP contribution >= 0.6 is 23.4 Å². The van der Waals surface area contributed by atoms with E-state index in [9.17, 15) is 9.59 Å². The molecule has 0 spiro atoms. The Labute approximate surface area is 168 Å². The molecule has 3 rings (SSSR count). The first kappa shape index (κ1) is 20.2. The first-order valence-corrected chi connectivity index (χ1v) is 11.0. The fourth-order valence-corrected chi connectivity index (χ4v) is 4.56. The molecule has 1 aromatic carbocycles. The Morgan fingerprint density at radius 2 is 2.11 bits per heavy atom. The van der Waals surface area contributed by atoms with Gasteiger partial charge in [-0.25, -0.2) is 4.98 Å². The van der Waals surface area contributed by atoms with E-state index in [1.807, 2.05) is 6.92 Å². The van der Waals surface area contributed by atoms with E-state index in [-0.39, 0.29) is 17.2 Å². The van der Waals surface area contributed by atoms with Crippen LogP contribution < -0.4 is 10.9 Å². The summed E-state index contributed by atoms with van der Waals surface area (Å²) in [6, 6.07) is 5.11. The zero-order chi connectivity index (χ0) is 19.2. The fraction of sp³-hybridized carbons (Fsp3) is 0.550. The van der Waals surface area contributed by atoms with Gasteiger partial charge in [0.25, 0.3) is 5.56 Å². The van der Waals surface area contributed by atoms with Crippen molar-refractivity contribution in [3.05, 3.63) is 33.6 Å². The molecular weight excluding hydrogens is 382 g/mol. The Morgan fingerprint density at radius 3 is 2.85 bits per heavy atom. The second-order valence-corrected chi connectivity index (χ2v) is 8.49. The van der Waals surface area contributed by atoms with Crippen LogP contribution in [0.4, 0.5) is 0 Å². The number of aromatic nitrogens is 2. The highest BCUT2D eigenvalue weighted by Crippen LogP contribution is 2.23.